The summed E-state index contributed by atoms with van der Waals surface area (Å²) >= 11 is 1.74. The number of rotatable bonds is 6. The van der Waals surface area contributed by atoms with Gasteiger partial charge in [0.05, 0.1) is 0 Å². The van der Waals surface area contributed by atoms with Crippen molar-refractivity contribution in [3.8, 4) is 0 Å². The second-order valence-corrected chi connectivity index (χ2v) is 8.95. The summed E-state index contributed by atoms with van der Waals surface area (Å²) in [5.74, 6) is 2.31. The molecule has 0 radical (unpaired) electrons. The lowest BCUT2D eigenvalue weighted by Gasteiger charge is -2.44. The largest absolute Gasteiger partial charge is 0.342 e. The second-order valence-electron chi connectivity index (χ2n) is 8.05. The molecule has 1 aliphatic carbocycles. The van der Waals surface area contributed by atoms with Crippen LogP contribution in [0.25, 0.3) is 0 Å². The van der Waals surface area contributed by atoms with Gasteiger partial charge < -0.3 is 9.80 Å². The van der Waals surface area contributed by atoms with Crippen LogP contribution in [-0.2, 0) is 9.59 Å². The molecule has 162 valence electrons. The van der Waals surface area contributed by atoms with Crippen LogP contribution in [0.1, 0.15) is 80.5 Å². The molecule has 2 amide bonds. The fraction of sp³-hybridized carbons (Fsp3) is 0.826. The Labute approximate surface area is 178 Å². The fourth-order valence-electron chi connectivity index (χ4n) is 4.94. The van der Waals surface area contributed by atoms with Crippen LogP contribution in [0.4, 0.5) is 0 Å². The lowest BCUT2D eigenvalue weighted by atomic mass is 9.78. The molecule has 0 spiro atoms. The van der Waals surface area contributed by atoms with Crippen LogP contribution in [0.15, 0.2) is 11.0 Å². The Balaban J connectivity index is 0.00000136. The molecule has 1 saturated carbocycles. The van der Waals surface area contributed by atoms with E-state index in [-0.39, 0.29) is 19.2 Å². The van der Waals surface area contributed by atoms with E-state index in [4.69, 9.17) is 0 Å². The quantitative estimate of drug-likeness (QED) is 0.594. The van der Waals surface area contributed by atoms with E-state index in [0.29, 0.717) is 24.9 Å². The monoisotopic (exact) mass is 410 g/mol. The van der Waals surface area contributed by atoms with Crippen LogP contribution in [-0.4, -0.2) is 53.0 Å². The molecular weight excluding hydrogens is 368 g/mol. The Morgan fingerprint density at radius 2 is 1.89 bits per heavy atom. The smallest absolute Gasteiger partial charge is 0.250 e. The summed E-state index contributed by atoms with van der Waals surface area (Å²) in [6, 6.07) is 0.459. The van der Waals surface area contributed by atoms with Crippen LogP contribution in [0.3, 0.4) is 0 Å². The Morgan fingerprint density at radius 3 is 2.61 bits per heavy atom. The van der Waals surface area contributed by atoms with E-state index in [0.717, 1.165) is 37.3 Å². The van der Waals surface area contributed by atoms with Gasteiger partial charge in [0.1, 0.15) is 0 Å². The highest BCUT2D eigenvalue weighted by atomic mass is 32.2. The Bertz CT molecular complexity index is 553. The number of piperidine rings is 1. The van der Waals surface area contributed by atoms with Crippen molar-refractivity contribution in [1.29, 1.82) is 0 Å². The predicted octanol–water partition coefficient (Wildman–Crippen LogP) is 5.34. The third-order valence-electron chi connectivity index (χ3n) is 6.29. The predicted molar refractivity (Wildman–Crippen MR) is 121 cm³/mol. The SMILES string of the molecule is CC.CCCN(CC1CSC=C1C(=O)N1CCCC2CCCCC21)C(=O)CC.[HH]. The highest BCUT2D eigenvalue weighted by Gasteiger charge is 2.39. The first-order valence-electron chi connectivity index (χ1n) is 11.6. The Morgan fingerprint density at radius 1 is 1.18 bits per heavy atom. The number of carbonyl (C=O) groups excluding carboxylic acids is 2. The number of carbonyl (C=O) groups is 2. The minimum atomic E-state index is 0. The number of fused-ring (bicyclic) bond motifs is 1. The molecule has 0 aromatic carbocycles. The van der Waals surface area contributed by atoms with Gasteiger partial charge in [0, 0.05) is 50.8 Å². The molecule has 5 heteroatoms. The van der Waals surface area contributed by atoms with E-state index < -0.39 is 0 Å². The van der Waals surface area contributed by atoms with Gasteiger partial charge in [-0.2, -0.15) is 0 Å². The number of thioether (sulfide) groups is 1. The van der Waals surface area contributed by atoms with Gasteiger partial charge in [-0.1, -0.05) is 40.5 Å². The standard InChI is InChI=1S/C21H34N2O2S.C2H6.H2/c1-3-11-22(20(24)4-2)13-17-14-26-15-18(17)21(25)23-12-7-9-16-8-5-6-10-19(16)23;1-2;/h15-17,19H,3-14H2,1-2H3;1-2H3;1H. The summed E-state index contributed by atoms with van der Waals surface area (Å²) in [7, 11) is 0. The first kappa shape index (κ1) is 23.3. The summed E-state index contributed by atoms with van der Waals surface area (Å²) < 4.78 is 0. The van der Waals surface area contributed by atoms with Crippen molar-refractivity contribution >= 4 is 23.6 Å². The van der Waals surface area contributed by atoms with Crippen molar-refractivity contribution in [3.63, 3.8) is 0 Å². The number of amides is 2. The van der Waals surface area contributed by atoms with Crippen molar-refractivity contribution in [2.75, 3.05) is 25.4 Å². The molecule has 2 heterocycles. The minimum absolute atomic E-state index is 0. The van der Waals surface area contributed by atoms with Gasteiger partial charge in [0.15, 0.2) is 0 Å². The summed E-state index contributed by atoms with van der Waals surface area (Å²) in [6.45, 7) is 10.4. The minimum Gasteiger partial charge on any atom is -0.342 e. The molecule has 1 saturated heterocycles. The van der Waals surface area contributed by atoms with E-state index in [1.54, 1.807) is 11.8 Å². The molecule has 28 heavy (non-hydrogen) atoms. The van der Waals surface area contributed by atoms with Crippen LogP contribution in [0.5, 0.6) is 0 Å². The molecule has 3 rings (SSSR count). The second kappa shape index (κ2) is 11.9. The molecule has 0 aromatic heterocycles. The molecule has 0 bridgehead atoms. The van der Waals surface area contributed by atoms with Crippen molar-refractivity contribution in [2.45, 2.75) is 85.1 Å². The van der Waals surface area contributed by atoms with Crippen molar-refractivity contribution in [1.82, 2.24) is 9.80 Å². The molecule has 3 aliphatic rings. The summed E-state index contributed by atoms with van der Waals surface area (Å²) in [6.07, 6.45) is 9.01. The van der Waals surface area contributed by atoms with E-state index in [1.165, 1.54) is 32.1 Å². The van der Waals surface area contributed by atoms with E-state index in [1.807, 2.05) is 25.7 Å². The molecule has 3 unspecified atom stereocenters. The lowest BCUT2D eigenvalue weighted by Crippen LogP contribution is -2.51. The lowest BCUT2D eigenvalue weighted by molar-refractivity contribution is -0.135. The van der Waals surface area contributed by atoms with Crippen LogP contribution in [0, 0.1) is 11.8 Å². The van der Waals surface area contributed by atoms with Gasteiger partial charge in [0.25, 0.3) is 5.91 Å². The number of hydrogen-bond acceptors (Lipinski definition) is 3. The molecule has 3 atom stereocenters. The van der Waals surface area contributed by atoms with Gasteiger partial charge in [0.2, 0.25) is 5.91 Å². The zero-order valence-electron chi connectivity index (χ0n) is 18.4. The molecule has 0 aromatic rings. The van der Waals surface area contributed by atoms with Crippen molar-refractivity contribution < 1.29 is 11.0 Å². The zero-order chi connectivity index (χ0) is 20.5. The third-order valence-corrected chi connectivity index (χ3v) is 7.30. The zero-order valence-corrected chi connectivity index (χ0v) is 19.2. The van der Waals surface area contributed by atoms with E-state index >= 15 is 0 Å². The maximum atomic E-state index is 13.4. The average molecular weight is 411 g/mol. The number of hydrogen-bond donors (Lipinski definition) is 0. The molecular formula is C23H42N2O2S. The topological polar surface area (TPSA) is 40.6 Å². The summed E-state index contributed by atoms with van der Waals surface area (Å²) in [5, 5.41) is 2.08. The maximum Gasteiger partial charge on any atom is 0.250 e. The molecule has 2 aliphatic heterocycles. The van der Waals surface area contributed by atoms with Crippen LogP contribution >= 0.6 is 11.8 Å². The molecule has 4 nitrogen and oxygen atoms in total. The van der Waals surface area contributed by atoms with E-state index in [2.05, 4.69) is 17.2 Å². The first-order valence-corrected chi connectivity index (χ1v) is 12.6. The molecule has 0 N–H and O–H groups in total. The van der Waals surface area contributed by atoms with Gasteiger partial charge in [-0.05, 0) is 43.4 Å². The Hall–Kier alpha value is -0.970. The van der Waals surface area contributed by atoms with Gasteiger partial charge in [-0.3, -0.25) is 9.59 Å². The summed E-state index contributed by atoms with van der Waals surface area (Å²) in [5.41, 5.74) is 0.964. The highest BCUT2D eigenvalue weighted by molar-refractivity contribution is 8.02. The average Bonchev–Trinajstić information content (AvgIpc) is 3.21. The number of nitrogens with zero attached hydrogens (tertiary/aromatic N) is 2. The van der Waals surface area contributed by atoms with Gasteiger partial charge in [-0.15, -0.1) is 11.8 Å². The maximum absolute atomic E-state index is 13.4. The normalized spacial score (nSPS) is 26.6. The van der Waals surface area contributed by atoms with Crippen LogP contribution < -0.4 is 0 Å². The molecule has 2 fully saturated rings. The van der Waals surface area contributed by atoms with Crippen molar-refractivity contribution in [3.05, 3.63) is 11.0 Å². The van der Waals surface area contributed by atoms with Gasteiger partial charge >= 0.3 is 0 Å². The summed E-state index contributed by atoms with van der Waals surface area (Å²) in [4.78, 5) is 29.8. The third kappa shape index (κ3) is 5.55. The highest BCUT2D eigenvalue weighted by Crippen LogP contribution is 2.38. The van der Waals surface area contributed by atoms with E-state index in [9.17, 15) is 9.59 Å². The van der Waals surface area contributed by atoms with Crippen LogP contribution in [0.2, 0.25) is 0 Å². The number of likely N-dealkylation sites (tertiary alicyclic amines) is 1. The first-order chi connectivity index (χ1) is 13.7. The van der Waals surface area contributed by atoms with Gasteiger partial charge in [-0.25, -0.2) is 0 Å². The van der Waals surface area contributed by atoms with Crippen molar-refractivity contribution in [2.24, 2.45) is 11.8 Å². The Kier molecular flexibility index (Phi) is 9.90. The fourth-order valence-corrected chi connectivity index (χ4v) is 6.02.